The number of benzene rings is 2. The van der Waals surface area contributed by atoms with Crippen molar-refractivity contribution in [2.24, 2.45) is 0 Å². The number of nitrogens with zero attached hydrogens (tertiary/aromatic N) is 1. The normalized spacial score (nSPS) is 10.8. The van der Waals surface area contributed by atoms with Crippen molar-refractivity contribution in [1.29, 1.82) is 5.26 Å². The van der Waals surface area contributed by atoms with Crippen molar-refractivity contribution >= 4 is 17.7 Å². The molecule has 3 nitrogen and oxygen atoms in total. The lowest BCUT2D eigenvalue weighted by molar-refractivity contribution is -0.112. The van der Waals surface area contributed by atoms with Crippen LogP contribution in [0.3, 0.4) is 0 Å². The Morgan fingerprint density at radius 2 is 1.86 bits per heavy atom. The van der Waals surface area contributed by atoms with Gasteiger partial charge in [-0.25, -0.2) is 0 Å². The zero-order valence-corrected chi connectivity index (χ0v) is 12.1. The fourth-order valence-corrected chi connectivity index (χ4v) is 2.01. The average Bonchev–Trinajstić information content (AvgIpc) is 2.47. The zero-order chi connectivity index (χ0) is 15.2. The van der Waals surface area contributed by atoms with Gasteiger partial charge in [0.05, 0.1) is 0 Å². The average molecular weight is 276 g/mol. The molecule has 104 valence electrons. The van der Waals surface area contributed by atoms with Gasteiger partial charge in [0.2, 0.25) is 0 Å². The van der Waals surface area contributed by atoms with Crippen LogP contribution < -0.4 is 5.32 Å². The minimum Gasteiger partial charge on any atom is -0.321 e. The summed E-state index contributed by atoms with van der Waals surface area (Å²) in [5.41, 5.74) is 3.82. The second-order valence-electron chi connectivity index (χ2n) is 4.85. The first kappa shape index (κ1) is 14.5. The van der Waals surface area contributed by atoms with Crippen LogP contribution in [0, 0.1) is 25.2 Å². The van der Waals surface area contributed by atoms with Crippen LogP contribution in [0.1, 0.15) is 16.7 Å². The van der Waals surface area contributed by atoms with Crippen molar-refractivity contribution in [1.82, 2.24) is 0 Å². The van der Waals surface area contributed by atoms with Crippen molar-refractivity contribution in [3.63, 3.8) is 0 Å². The molecule has 2 aromatic carbocycles. The van der Waals surface area contributed by atoms with Crippen molar-refractivity contribution in [2.45, 2.75) is 13.8 Å². The van der Waals surface area contributed by atoms with Crippen LogP contribution in [0.15, 0.2) is 54.1 Å². The molecule has 0 saturated heterocycles. The van der Waals surface area contributed by atoms with Gasteiger partial charge in [0.25, 0.3) is 5.91 Å². The van der Waals surface area contributed by atoms with Gasteiger partial charge in [-0.15, -0.1) is 0 Å². The predicted octanol–water partition coefficient (Wildman–Crippen LogP) is 3.85. The zero-order valence-electron chi connectivity index (χ0n) is 12.1. The van der Waals surface area contributed by atoms with Crippen molar-refractivity contribution < 1.29 is 4.79 Å². The predicted molar refractivity (Wildman–Crippen MR) is 84.6 cm³/mol. The van der Waals surface area contributed by atoms with Crippen LogP contribution in [0.5, 0.6) is 0 Å². The molecular formula is C18H16N2O. The largest absolute Gasteiger partial charge is 0.321 e. The number of anilines is 1. The Kier molecular flexibility index (Phi) is 4.53. The van der Waals surface area contributed by atoms with E-state index in [0.29, 0.717) is 5.69 Å². The summed E-state index contributed by atoms with van der Waals surface area (Å²) in [6, 6.07) is 16.9. The van der Waals surface area contributed by atoms with E-state index < -0.39 is 5.91 Å². The third-order valence-corrected chi connectivity index (χ3v) is 3.12. The fourth-order valence-electron chi connectivity index (χ4n) is 2.01. The summed E-state index contributed by atoms with van der Waals surface area (Å²) in [6.07, 6.45) is 1.62. The fraction of sp³-hybridized carbons (Fsp3) is 0.111. The maximum Gasteiger partial charge on any atom is 0.266 e. The quantitative estimate of drug-likeness (QED) is 0.684. The molecule has 0 unspecified atom stereocenters. The molecule has 0 saturated carbocycles. The van der Waals surface area contributed by atoms with Gasteiger partial charge in [-0.1, -0.05) is 42.0 Å². The van der Waals surface area contributed by atoms with Crippen LogP contribution in [0.4, 0.5) is 5.69 Å². The third-order valence-electron chi connectivity index (χ3n) is 3.12. The molecule has 0 radical (unpaired) electrons. The van der Waals surface area contributed by atoms with E-state index in [1.54, 1.807) is 18.2 Å². The highest BCUT2D eigenvalue weighted by Crippen LogP contribution is 2.15. The molecule has 0 heterocycles. The molecule has 2 rings (SSSR count). The van der Waals surface area contributed by atoms with E-state index in [2.05, 4.69) is 5.32 Å². The smallest absolute Gasteiger partial charge is 0.266 e. The van der Waals surface area contributed by atoms with Gasteiger partial charge in [-0.05, 0) is 43.2 Å². The summed E-state index contributed by atoms with van der Waals surface area (Å²) in [4.78, 5) is 12.1. The van der Waals surface area contributed by atoms with Crippen LogP contribution in [0.2, 0.25) is 0 Å². The highest BCUT2D eigenvalue weighted by Gasteiger charge is 2.10. The van der Waals surface area contributed by atoms with Gasteiger partial charge in [0, 0.05) is 5.69 Å². The second-order valence-corrected chi connectivity index (χ2v) is 4.85. The molecule has 1 N–H and O–H groups in total. The van der Waals surface area contributed by atoms with E-state index in [4.69, 9.17) is 0 Å². The molecule has 0 aliphatic heterocycles. The summed E-state index contributed by atoms with van der Waals surface area (Å²) in [5, 5.41) is 11.9. The Balaban J connectivity index is 2.25. The number of aryl methyl sites for hydroxylation is 2. The van der Waals surface area contributed by atoms with Crippen LogP contribution in [-0.4, -0.2) is 5.91 Å². The molecule has 0 aliphatic rings. The second kappa shape index (κ2) is 6.53. The van der Waals surface area contributed by atoms with Crippen LogP contribution in [-0.2, 0) is 4.79 Å². The lowest BCUT2D eigenvalue weighted by atomic mass is 10.0. The number of amides is 1. The molecule has 0 bridgehead atoms. The number of nitrogens with one attached hydrogen (secondary N) is 1. The summed E-state index contributed by atoms with van der Waals surface area (Å²) < 4.78 is 0. The molecule has 0 atom stereocenters. The number of nitriles is 1. The van der Waals surface area contributed by atoms with E-state index in [1.165, 1.54) is 0 Å². The Bertz CT molecular complexity index is 725. The molecule has 2 aromatic rings. The SMILES string of the molecule is Cc1ccc(/C=C(\C#N)C(=O)Nc2ccccc2)c(C)c1. The van der Waals surface area contributed by atoms with Crippen molar-refractivity contribution in [3.05, 3.63) is 70.8 Å². The first-order valence-electron chi connectivity index (χ1n) is 6.65. The molecular weight excluding hydrogens is 260 g/mol. The van der Waals surface area contributed by atoms with E-state index in [0.717, 1.165) is 16.7 Å². The molecule has 1 amide bonds. The first-order valence-corrected chi connectivity index (χ1v) is 6.65. The van der Waals surface area contributed by atoms with Gasteiger partial charge in [-0.2, -0.15) is 5.26 Å². The maximum atomic E-state index is 12.1. The monoisotopic (exact) mass is 276 g/mol. The van der Waals surface area contributed by atoms with E-state index in [9.17, 15) is 10.1 Å². The van der Waals surface area contributed by atoms with E-state index in [-0.39, 0.29) is 5.57 Å². The number of carbonyl (C=O) groups excluding carboxylic acids is 1. The van der Waals surface area contributed by atoms with Gasteiger partial charge < -0.3 is 5.32 Å². The molecule has 0 fully saturated rings. The molecule has 0 aliphatic carbocycles. The standard InChI is InChI=1S/C18H16N2O/c1-13-8-9-15(14(2)10-13)11-16(12-19)18(21)20-17-6-4-3-5-7-17/h3-11H,1-2H3,(H,20,21)/b16-11+. The van der Waals surface area contributed by atoms with E-state index >= 15 is 0 Å². The van der Waals surface area contributed by atoms with Crippen LogP contribution >= 0.6 is 0 Å². The topological polar surface area (TPSA) is 52.9 Å². The maximum absolute atomic E-state index is 12.1. The number of para-hydroxylation sites is 1. The summed E-state index contributed by atoms with van der Waals surface area (Å²) in [6.45, 7) is 3.97. The lowest BCUT2D eigenvalue weighted by Gasteiger charge is -2.05. The summed E-state index contributed by atoms with van der Waals surface area (Å²) in [7, 11) is 0. The van der Waals surface area contributed by atoms with Gasteiger partial charge >= 0.3 is 0 Å². The molecule has 0 aromatic heterocycles. The highest BCUT2D eigenvalue weighted by atomic mass is 16.1. The van der Waals surface area contributed by atoms with Gasteiger partial charge in [-0.3, -0.25) is 4.79 Å². The Hall–Kier alpha value is -2.86. The highest BCUT2D eigenvalue weighted by molar-refractivity contribution is 6.09. The summed E-state index contributed by atoms with van der Waals surface area (Å²) in [5.74, 6) is -0.399. The minimum absolute atomic E-state index is 0.0887. The first-order chi connectivity index (χ1) is 10.1. The Labute approximate surface area is 124 Å². The Morgan fingerprint density at radius 3 is 2.48 bits per heavy atom. The molecule has 21 heavy (non-hydrogen) atoms. The third kappa shape index (κ3) is 3.80. The van der Waals surface area contributed by atoms with Gasteiger partial charge in [0.15, 0.2) is 0 Å². The number of rotatable bonds is 3. The molecule has 3 heteroatoms. The number of carbonyl (C=O) groups is 1. The van der Waals surface area contributed by atoms with Crippen LogP contribution in [0.25, 0.3) is 6.08 Å². The van der Waals surface area contributed by atoms with E-state index in [1.807, 2.05) is 56.3 Å². The van der Waals surface area contributed by atoms with Gasteiger partial charge in [0.1, 0.15) is 11.6 Å². The van der Waals surface area contributed by atoms with Crippen molar-refractivity contribution in [2.75, 3.05) is 5.32 Å². The summed E-state index contributed by atoms with van der Waals surface area (Å²) >= 11 is 0. The number of hydrogen-bond donors (Lipinski definition) is 1. The molecule has 0 spiro atoms. The minimum atomic E-state index is -0.399. The number of hydrogen-bond acceptors (Lipinski definition) is 2. The Morgan fingerprint density at radius 1 is 1.14 bits per heavy atom. The lowest BCUT2D eigenvalue weighted by Crippen LogP contribution is -2.13. The van der Waals surface area contributed by atoms with Crippen molar-refractivity contribution in [3.8, 4) is 6.07 Å².